The lowest BCUT2D eigenvalue weighted by molar-refractivity contribution is 1.02. The topological polar surface area (TPSA) is 12.9 Å². The lowest BCUT2D eigenvalue weighted by Gasteiger charge is -2.09. The van der Waals surface area contributed by atoms with Crippen LogP contribution in [0.4, 0.5) is 0 Å². The Labute approximate surface area is 126 Å². The first-order valence-corrected chi connectivity index (χ1v) is 8.09. The largest absolute Gasteiger partial charge is 0.257 e. The van der Waals surface area contributed by atoms with Gasteiger partial charge >= 0.3 is 0 Å². The molecule has 0 saturated carbocycles. The minimum Gasteiger partial charge on any atom is -0.257 e. The molecule has 0 atom stereocenters. The van der Waals surface area contributed by atoms with Gasteiger partial charge in [0.05, 0.1) is 0 Å². The quantitative estimate of drug-likeness (QED) is 0.579. The number of benzene rings is 1. The smallest absolute Gasteiger partial charge is 0.0482 e. The van der Waals surface area contributed by atoms with E-state index in [-0.39, 0.29) is 0 Å². The van der Waals surface area contributed by atoms with E-state index >= 15 is 0 Å². The molecule has 1 heteroatoms. The van der Waals surface area contributed by atoms with Gasteiger partial charge < -0.3 is 0 Å². The van der Waals surface area contributed by atoms with Gasteiger partial charge in [0.25, 0.3) is 0 Å². The van der Waals surface area contributed by atoms with Crippen LogP contribution in [-0.4, -0.2) is 4.98 Å². The summed E-state index contributed by atoms with van der Waals surface area (Å²) in [6.45, 7) is 18.4. The number of hydrogen-bond acceptors (Lipinski definition) is 1. The monoisotopic (exact) mass is 275 g/mol. The van der Waals surface area contributed by atoms with Crippen LogP contribution in [0.25, 0.3) is 10.8 Å². The first-order valence-electron chi connectivity index (χ1n) is 8.09. The molecule has 0 N–H and O–H groups in total. The molecule has 0 aliphatic heterocycles. The first-order chi connectivity index (χ1) is 9.74. The highest BCUT2D eigenvalue weighted by atomic mass is 14.7. The van der Waals surface area contributed by atoms with Crippen molar-refractivity contribution in [2.45, 2.75) is 68.7 Å². The molecule has 1 aromatic carbocycles. The van der Waals surface area contributed by atoms with Crippen LogP contribution < -0.4 is 0 Å². The van der Waals surface area contributed by atoms with Crippen LogP contribution >= 0.6 is 0 Å². The van der Waals surface area contributed by atoms with Crippen molar-refractivity contribution in [3.63, 3.8) is 0 Å². The van der Waals surface area contributed by atoms with Crippen molar-refractivity contribution in [2.75, 3.05) is 0 Å². The summed E-state index contributed by atoms with van der Waals surface area (Å²) in [4.78, 5) is 4.62. The first kappa shape index (κ1) is 20.9. The van der Waals surface area contributed by atoms with Crippen molar-refractivity contribution < 1.29 is 0 Å². The lowest BCUT2D eigenvalue weighted by Crippen LogP contribution is -1.95. The van der Waals surface area contributed by atoms with Gasteiger partial charge in [0.2, 0.25) is 0 Å². The van der Waals surface area contributed by atoms with E-state index in [0.29, 0.717) is 0 Å². The van der Waals surface area contributed by atoms with E-state index in [4.69, 9.17) is 0 Å². The van der Waals surface area contributed by atoms with Crippen molar-refractivity contribution in [1.82, 2.24) is 4.98 Å². The summed E-state index contributed by atoms with van der Waals surface area (Å²) in [5, 5.41) is 2.65. The third-order valence-corrected chi connectivity index (χ3v) is 2.82. The van der Waals surface area contributed by atoms with Gasteiger partial charge in [-0.25, -0.2) is 0 Å². The molecular weight excluding hydrogens is 242 g/mol. The molecule has 20 heavy (non-hydrogen) atoms. The maximum absolute atomic E-state index is 4.62. The number of pyridine rings is 1. The predicted octanol–water partition coefficient (Wildman–Crippen LogP) is 6.49. The number of rotatable bonds is 1. The summed E-state index contributed by atoms with van der Waals surface area (Å²) >= 11 is 0. The summed E-state index contributed by atoms with van der Waals surface area (Å²) in [7, 11) is 0. The van der Waals surface area contributed by atoms with Gasteiger partial charge in [-0.05, 0) is 31.2 Å². The van der Waals surface area contributed by atoms with Crippen LogP contribution in [0.5, 0.6) is 0 Å². The molecule has 0 radical (unpaired) electrons. The van der Waals surface area contributed by atoms with E-state index in [1.807, 2.05) is 41.5 Å². The number of aryl methyl sites for hydroxylation is 3. The second-order valence-corrected chi connectivity index (χ2v) is 3.67. The van der Waals surface area contributed by atoms with E-state index < -0.39 is 0 Å². The normalized spacial score (nSPS) is 8.45. The predicted molar refractivity (Wildman–Crippen MR) is 94.6 cm³/mol. The molecule has 0 spiro atoms. The van der Waals surface area contributed by atoms with Crippen molar-refractivity contribution in [3.8, 4) is 0 Å². The summed E-state index contributed by atoms with van der Waals surface area (Å²) in [6, 6.07) is 8.51. The van der Waals surface area contributed by atoms with Gasteiger partial charge in [0.1, 0.15) is 0 Å². The van der Waals surface area contributed by atoms with E-state index in [1.54, 1.807) is 0 Å². The van der Waals surface area contributed by atoms with Crippen LogP contribution in [0, 0.1) is 13.8 Å². The van der Waals surface area contributed by atoms with Crippen molar-refractivity contribution in [2.24, 2.45) is 0 Å². The Kier molecular flexibility index (Phi) is 13.2. The third-order valence-electron chi connectivity index (χ3n) is 2.82. The minimum atomic E-state index is 1.00. The van der Waals surface area contributed by atoms with Crippen LogP contribution in [0.3, 0.4) is 0 Å². The van der Waals surface area contributed by atoms with Crippen LogP contribution in [0.1, 0.15) is 65.4 Å². The van der Waals surface area contributed by atoms with Gasteiger partial charge in [-0.3, -0.25) is 4.98 Å². The SMILES string of the molecule is CC.CC.CC.CCc1nc(C)c(C)c2ccccc12. The van der Waals surface area contributed by atoms with Gasteiger partial charge in [-0.1, -0.05) is 72.7 Å². The summed E-state index contributed by atoms with van der Waals surface area (Å²) in [6.07, 6.45) is 1.00. The van der Waals surface area contributed by atoms with E-state index in [0.717, 1.165) is 12.1 Å². The van der Waals surface area contributed by atoms with Gasteiger partial charge in [-0.15, -0.1) is 0 Å². The molecule has 0 amide bonds. The minimum absolute atomic E-state index is 1.00. The van der Waals surface area contributed by atoms with Crippen molar-refractivity contribution >= 4 is 10.8 Å². The van der Waals surface area contributed by atoms with Gasteiger partial charge in [0.15, 0.2) is 0 Å². The number of nitrogens with zero attached hydrogens (tertiary/aromatic N) is 1. The Bertz CT molecular complexity index is 472. The van der Waals surface area contributed by atoms with E-state index in [1.165, 1.54) is 22.0 Å². The number of aromatic nitrogens is 1. The third kappa shape index (κ3) is 5.32. The zero-order valence-corrected chi connectivity index (χ0v) is 15.0. The molecule has 1 aromatic heterocycles. The Morgan fingerprint density at radius 3 is 1.70 bits per heavy atom. The molecule has 114 valence electrons. The Hall–Kier alpha value is -1.37. The second kappa shape index (κ2) is 12.7. The van der Waals surface area contributed by atoms with Crippen LogP contribution in [0.2, 0.25) is 0 Å². The molecule has 0 aliphatic rings. The van der Waals surface area contributed by atoms with E-state index in [2.05, 4.69) is 50.0 Å². The fourth-order valence-electron chi connectivity index (χ4n) is 1.87. The Morgan fingerprint density at radius 1 is 0.800 bits per heavy atom. The Morgan fingerprint density at radius 2 is 1.25 bits per heavy atom. The van der Waals surface area contributed by atoms with Crippen LogP contribution in [0.15, 0.2) is 24.3 Å². The molecular formula is C19H33N. The molecule has 0 saturated heterocycles. The number of fused-ring (bicyclic) bond motifs is 1. The molecule has 0 bridgehead atoms. The zero-order valence-electron chi connectivity index (χ0n) is 15.0. The fourth-order valence-corrected chi connectivity index (χ4v) is 1.87. The summed E-state index contributed by atoms with van der Waals surface area (Å²) in [5.41, 5.74) is 3.67. The van der Waals surface area contributed by atoms with Crippen molar-refractivity contribution in [1.29, 1.82) is 0 Å². The zero-order chi connectivity index (χ0) is 16.1. The fraction of sp³-hybridized carbons (Fsp3) is 0.526. The average molecular weight is 275 g/mol. The highest BCUT2D eigenvalue weighted by Crippen LogP contribution is 2.22. The molecule has 1 nitrogen and oxygen atoms in total. The highest BCUT2D eigenvalue weighted by Gasteiger charge is 2.05. The molecule has 1 heterocycles. The van der Waals surface area contributed by atoms with Gasteiger partial charge in [-0.2, -0.15) is 0 Å². The number of hydrogen-bond donors (Lipinski definition) is 0. The van der Waals surface area contributed by atoms with Gasteiger partial charge in [0, 0.05) is 16.8 Å². The summed E-state index contributed by atoms with van der Waals surface area (Å²) < 4.78 is 0. The standard InChI is InChI=1S/C13H15N.3C2H6/c1-4-13-12-8-6-5-7-11(12)9(2)10(3)14-13;3*1-2/h5-8H,4H2,1-3H3;3*1-2H3. The molecule has 0 fully saturated rings. The van der Waals surface area contributed by atoms with Crippen molar-refractivity contribution in [3.05, 3.63) is 41.2 Å². The summed E-state index contributed by atoms with van der Waals surface area (Å²) in [5.74, 6) is 0. The average Bonchev–Trinajstić information content (AvgIpc) is 2.56. The Balaban J connectivity index is 0. The maximum Gasteiger partial charge on any atom is 0.0482 e. The molecule has 0 aliphatic carbocycles. The maximum atomic E-state index is 4.62. The second-order valence-electron chi connectivity index (χ2n) is 3.67. The van der Waals surface area contributed by atoms with Crippen LogP contribution in [-0.2, 0) is 6.42 Å². The molecule has 0 unspecified atom stereocenters. The molecule has 2 rings (SSSR count). The highest BCUT2D eigenvalue weighted by molar-refractivity contribution is 5.87. The lowest BCUT2D eigenvalue weighted by atomic mass is 10.0. The molecule has 2 aromatic rings. The van der Waals surface area contributed by atoms with E-state index in [9.17, 15) is 0 Å².